The average molecular weight is 483 g/mol. The Morgan fingerprint density at radius 1 is 1.06 bits per heavy atom. The molecule has 2 aromatic heterocycles. The van der Waals surface area contributed by atoms with Crippen LogP contribution in [0.5, 0.6) is 0 Å². The van der Waals surface area contributed by atoms with Crippen molar-refractivity contribution in [3.05, 3.63) is 78.3 Å². The van der Waals surface area contributed by atoms with Crippen molar-refractivity contribution in [2.75, 3.05) is 23.4 Å². The highest BCUT2D eigenvalue weighted by atomic mass is 32.2. The van der Waals surface area contributed by atoms with Gasteiger partial charge in [0.15, 0.2) is 16.8 Å². The number of benzene rings is 2. The van der Waals surface area contributed by atoms with Crippen LogP contribution in [0, 0.1) is 6.92 Å². The van der Waals surface area contributed by atoms with Gasteiger partial charge in [-0.3, -0.25) is 13.7 Å². The number of rotatable bonds is 8. The summed E-state index contributed by atoms with van der Waals surface area (Å²) in [6.45, 7) is 1.86. The van der Waals surface area contributed by atoms with Gasteiger partial charge in [0, 0.05) is 18.3 Å². The van der Waals surface area contributed by atoms with Gasteiger partial charge in [0.25, 0.3) is 0 Å². The first-order valence-electron chi connectivity index (χ1n) is 10.0. The Morgan fingerprint density at radius 3 is 2.36 bits per heavy atom. The number of furan rings is 1. The van der Waals surface area contributed by atoms with E-state index in [-0.39, 0.29) is 11.5 Å². The van der Waals surface area contributed by atoms with Gasteiger partial charge in [-0.15, -0.1) is 10.2 Å². The second-order valence-corrected chi connectivity index (χ2v) is 10.3. The molecule has 4 aromatic rings. The third-order valence-corrected chi connectivity index (χ3v) is 7.26. The van der Waals surface area contributed by atoms with E-state index < -0.39 is 10.0 Å². The van der Waals surface area contributed by atoms with Gasteiger partial charge in [0.05, 0.1) is 29.5 Å². The largest absolute Gasteiger partial charge is 0.469 e. The number of para-hydroxylation sites is 1. The maximum Gasteiger partial charge on any atom is 0.231 e. The number of Topliss-reactive ketones (excluding diaryl/α,β-unsaturated/α-hetero) is 1. The van der Waals surface area contributed by atoms with Crippen LogP contribution < -0.4 is 4.31 Å². The van der Waals surface area contributed by atoms with E-state index in [1.54, 1.807) is 30.5 Å². The van der Waals surface area contributed by atoms with Crippen LogP contribution in [0.4, 0.5) is 5.69 Å². The van der Waals surface area contributed by atoms with Crippen LogP contribution in [0.2, 0.25) is 0 Å². The van der Waals surface area contributed by atoms with E-state index in [0.717, 1.165) is 27.6 Å². The Kier molecular flexibility index (Phi) is 6.39. The Balaban J connectivity index is 1.57. The highest BCUT2D eigenvalue weighted by molar-refractivity contribution is 7.99. The molecule has 170 valence electrons. The third kappa shape index (κ3) is 4.86. The lowest BCUT2D eigenvalue weighted by atomic mass is 10.1. The Bertz CT molecular complexity index is 1380. The second kappa shape index (κ2) is 9.24. The summed E-state index contributed by atoms with van der Waals surface area (Å²) in [6, 6.07) is 18.0. The minimum atomic E-state index is -3.37. The maximum atomic E-state index is 12.8. The molecule has 0 amide bonds. The number of carbonyl (C=O) groups excluding carboxylic acids is 1. The van der Waals surface area contributed by atoms with Gasteiger partial charge in [0.1, 0.15) is 5.76 Å². The second-order valence-electron chi connectivity index (χ2n) is 7.36. The molecule has 0 saturated heterocycles. The number of aryl methyl sites for hydroxylation is 1. The molecule has 0 aliphatic rings. The van der Waals surface area contributed by atoms with Gasteiger partial charge in [0.2, 0.25) is 10.0 Å². The van der Waals surface area contributed by atoms with E-state index >= 15 is 0 Å². The van der Waals surface area contributed by atoms with Crippen molar-refractivity contribution in [1.82, 2.24) is 14.8 Å². The summed E-state index contributed by atoms with van der Waals surface area (Å²) in [6.07, 6.45) is 2.74. The van der Waals surface area contributed by atoms with Gasteiger partial charge >= 0.3 is 0 Å². The summed E-state index contributed by atoms with van der Waals surface area (Å²) in [4.78, 5) is 12.8. The van der Waals surface area contributed by atoms with Crippen LogP contribution in [0.3, 0.4) is 0 Å². The van der Waals surface area contributed by atoms with Crippen LogP contribution in [0.25, 0.3) is 17.1 Å². The Morgan fingerprint density at radius 2 is 1.76 bits per heavy atom. The van der Waals surface area contributed by atoms with Gasteiger partial charge < -0.3 is 4.42 Å². The summed E-state index contributed by atoms with van der Waals surface area (Å²) in [5.74, 6) is 1.41. The summed E-state index contributed by atoms with van der Waals surface area (Å²) in [5, 5.41) is 9.27. The standard InChI is InChI=1S/C23H22N4O4S2/c1-16-20(13-14-31-16)22-24-25-23(27(22)19-7-5-4-6-8-19)32-15-21(28)17-9-11-18(12-10-17)26(2)33(3,29)30/h4-14H,15H2,1-3H3. The van der Waals surface area contributed by atoms with Crippen LogP contribution in [0.15, 0.2) is 76.5 Å². The van der Waals surface area contributed by atoms with Crippen molar-refractivity contribution >= 4 is 33.3 Å². The molecule has 0 aliphatic carbocycles. The van der Waals surface area contributed by atoms with Crippen LogP contribution in [0.1, 0.15) is 16.1 Å². The molecule has 4 rings (SSSR count). The highest BCUT2D eigenvalue weighted by Gasteiger charge is 2.20. The highest BCUT2D eigenvalue weighted by Crippen LogP contribution is 2.30. The molecule has 0 fully saturated rings. The van der Waals surface area contributed by atoms with E-state index in [1.807, 2.05) is 47.9 Å². The van der Waals surface area contributed by atoms with E-state index in [9.17, 15) is 13.2 Å². The van der Waals surface area contributed by atoms with Crippen molar-refractivity contribution in [2.24, 2.45) is 0 Å². The molecular weight excluding hydrogens is 460 g/mol. The van der Waals surface area contributed by atoms with E-state index in [0.29, 0.717) is 22.2 Å². The number of ketones is 1. The topological polar surface area (TPSA) is 98.3 Å². The van der Waals surface area contributed by atoms with Crippen LogP contribution in [-0.2, 0) is 10.0 Å². The zero-order chi connectivity index (χ0) is 23.6. The van der Waals surface area contributed by atoms with Gasteiger partial charge in [-0.25, -0.2) is 8.42 Å². The van der Waals surface area contributed by atoms with Crippen LogP contribution in [-0.4, -0.2) is 48.0 Å². The van der Waals surface area contributed by atoms with E-state index in [4.69, 9.17) is 4.42 Å². The SMILES string of the molecule is Cc1occc1-c1nnc(SCC(=O)c2ccc(N(C)S(C)(=O)=O)cc2)n1-c1ccccc1. The number of carbonyl (C=O) groups is 1. The lowest BCUT2D eigenvalue weighted by Gasteiger charge is -2.16. The predicted octanol–water partition coefficient (Wildman–Crippen LogP) is 4.21. The average Bonchev–Trinajstić information content (AvgIpc) is 3.42. The first-order chi connectivity index (χ1) is 15.8. The molecular formula is C23H22N4O4S2. The number of aromatic nitrogens is 3. The fraction of sp³-hybridized carbons (Fsp3) is 0.174. The lowest BCUT2D eigenvalue weighted by molar-refractivity contribution is 0.102. The number of hydrogen-bond donors (Lipinski definition) is 0. The smallest absolute Gasteiger partial charge is 0.231 e. The molecule has 0 radical (unpaired) electrons. The molecule has 0 bridgehead atoms. The molecule has 8 nitrogen and oxygen atoms in total. The minimum absolute atomic E-state index is 0.0998. The first kappa shape index (κ1) is 22.8. The fourth-order valence-electron chi connectivity index (χ4n) is 3.23. The lowest BCUT2D eigenvalue weighted by Crippen LogP contribution is -2.24. The quantitative estimate of drug-likeness (QED) is 0.274. The molecule has 0 aliphatic heterocycles. The summed E-state index contributed by atoms with van der Waals surface area (Å²) >= 11 is 1.29. The van der Waals surface area contributed by atoms with E-state index in [2.05, 4.69) is 10.2 Å². The van der Waals surface area contributed by atoms with Crippen molar-refractivity contribution in [1.29, 1.82) is 0 Å². The molecule has 0 spiro atoms. The van der Waals surface area contributed by atoms with Crippen molar-refractivity contribution < 1.29 is 17.6 Å². The monoisotopic (exact) mass is 482 g/mol. The number of anilines is 1. The zero-order valence-corrected chi connectivity index (χ0v) is 19.9. The summed E-state index contributed by atoms with van der Waals surface area (Å²) in [5.41, 5.74) is 2.69. The van der Waals surface area contributed by atoms with Gasteiger partial charge in [-0.1, -0.05) is 30.0 Å². The number of thioether (sulfide) groups is 1. The van der Waals surface area contributed by atoms with Crippen molar-refractivity contribution in [2.45, 2.75) is 12.1 Å². The molecule has 0 saturated carbocycles. The van der Waals surface area contributed by atoms with Crippen molar-refractivity contribution in [3.63, 3.8) is 0 Å². The maximum absolute atomic E-state index is 12.8. The van der Waals surface area contributed by atoms with Gasteiger partial charge in [-0.05, 0) is 49.4 Å². The molecule has 0 atom stereocenters. The molecule has 10 heteroatoms. The molecule has 2 heterocycles. The Labute approximate surface area is 196 Å². The predicted molar refractivity (Wildman–Crippen MR) is 129 cm³/mol. The Hall–Kier alpha value is -3.37. The molecule has 0 N–H and O–H groups in total. The fourth-order valence-corrected chi connectivity index (χ4v) is 4.58. The molecule has 33 heavy (non-hydrogen) atoms. The van der Waals surface area contributed by atoms with Crippen LogP contribution >= 0.6 is 11.8 Å². The normalized spacial score (nSPS) is 11.5. The summed E-state index contributed by atoms with van der Waals surface area (Å²) < 4.78 is 31.9. The zero-order valence-electron chi connectivity index (χ0n) is 18.3. The van der Waals surface area contributed by atoms with Crippen molar-refractivity contribution in [3.8, 4) is 17.1 Å². The number of nitrogens with zero attached hydrogens (tertiary/aromatic N) is 4. The number of hydrogen-bond acceptors (Lipinski definition) is 7. The third-order valence-electron chi connectivity index (χ3n) is 5.13. The number of sulfonamides is 1. The first-order valence-corrected chi connectivity index (χ1v) is 12.8. The van der Waals surface area contributed by atoms with E-state index in [1.165, 1.54) is 18.8 Å². The summed E-state index contributed by atoms with van der Waals surface area (Å²) in [7, 11) is -1.90. The van der Waals surface area contributed by atoms with Gasteiger partial charge in [-0.2, -0.15) is 0 Å². The molecule has 0 unspecified atom stereocenters. The minimum Gasteiger partial charge on any atom is -0.469 e. The molecule has 2 aromatic carbocycles.